The molecule has 1 saturated heterocycles. The summed E-state index contributed by atoms with van der Waals surface area (Å²) in [6.07, 6.45) is 1.58. The molecule has 1 aliphatic rings. The summed E-state index contributed by atoms with van der Waals surface area (Å²) in [7, 11) is 1.38. The maximum atomic E-state index is 12.3. The fourth-order valence-corrected chi connectivity index (χ4v) is 2.37. The second-order valence-electron chi connectivity index (χ2n) is 4.74. The van der Waals surface area contributed by atoms with Gasteiger partial charge in [0.1, 0.15) is 0 Å². The molecule has 0 spiro atoms. The van der Waals surface area contributed by atoms with Gasteiger partial charge in [-0.1, -0.05) is 6.07 Å². The van der Waals surface area contributed by atoms with Crippen LogP contribution in [0.5, 0.6) is 0 Å². The van der Waals surface area contributed by atoms with Gasteiger partial charge in [-0.25, -0.2) is 0 Å². The maximum Gasteiger partial charge on any atom is 0.310 e. The van der Waals surface area contributed by atoms with Crippen LogP contribution < -0.4 is 5.73 Å². The minimum atomic E-state index is -0.245. The number of piperidine rings is 1. The number of hydrogen-bond donors (Lipinski definition) is 1. The standard InChI is InChI=1S/C14H18N2O3/c1-19-14(18)11-5-3-7-16(9-11)13(17)10-4-2-6-12(15)8-10/h2,4,6,8,11H,3,5,7,9,15H2,1H3. The van der Waals surface area contributed by atoms with Crippen LogP contribution in [-0.4, -0.2) is 37.0 Å². The molecule has 1 aliphatic heterocycles. The SMILES string of the molecule is COC(=O)C1CCCN(C(=O)c2cccc(N)c2)C1. The number of likely N-dealkylation sites (tertiary alicyclic amines) is 1. The van der Waals surface area contributed by atoms with Crippen molar-refractivity contribution in [2.24, 2.45) is 5.92 Å². The molecule has 0 radical (unpaired) electrons. The minimum absolute atomic E-state index is 0.0825. The van der Waals surface area contributed by atoms with Crippen molar-refractivity contribution in [3.05, 3.63) is 29.8 Å². The molecule has 0 aliphatic carbocycles. The molecule has 1 heterocycles. The first kappa shape index (κ1) is 13.4. The van der Waals surface area contributed by atoms with Crippen molar-refractivity contribution in [1.82, 2.24) is 4.90 Å². The summed E-state index contributed by atoms with van der Waals surface area (Å²) in [5, 5.41) is 0. The molecule has 1 aromatic rings. The van der Waals surface area contributed by atoms with Gasteiger partial charge in [-0.15, -0.1) is 0 Å². The van der Waals surface area contributed by atoms with Crippen LogP contribution in [0.2, 0.25) is 0 Å². The first-order valence-electron chi connectivity index (χ1n) is 6.34. The molecule has 1 unspecified atom stereocenters. The van der Waals surface area contributed by atoms with Gasteiger partial charge in [0.2, 0.25) is 0 Å². The zero-order chi connectivity index (χ0) is 13.8. The zero-order valence-corrected chi connectivity index (χ0v) is 11.0. The van der Waals surface area contributed by atoms with E-state index in [1.165, 1.54) is 7.11 Å². The number of hydrogen-bond acceptors (Lipinski definition) is 4. The van der Waals surface area contributed by atoms with Gasteiger partial charge in [-0.3, -0.25) is 9.59 Å². The summed E-state index contributed by atoms with van der Waals surface area (Å²) in [6.45, 7) is 1.08. The van der Waals surface area contributed by atoms with Gasteiger partial charge in [0.25, 0.3) is 5.91 Å². The Balaban J connectivity index is 2.09. The third kappa shape index (κ3) is 3.05. The highest BCUT2D eigenvalue weighted by atomic mass is 16.5. The molecule has 0 bridgehead atoms. The van der Waals surface area contributed by atoms with Gasteiger partial charge in [0, 0.05) is 24.3 Å². The third-order valence-corrected chi connectivity index (χ3v) is 3.38. The molecule has 0 aromatic heterocycles. The van der Waals surface area contributed by atoms with Gasteiger partial charge in [0.15, 0.2) is 0 Å². The van der Waals surface area contributed by atoms with Crippen LogP contribution in [0.25, 0.3) is 0 Å². The highest BCUT2D eigenvalue weighted by Gasteiger charge is 2.29. The normalized spacial score (nSPS) is 19.0. The molecule has 1 aromatic carbocycles. The Morgan fingerprint density at radius 2 is 2.21 bits per heavy atom. The van der Waals surface area contributed by atoms with E-state index < -0.39 is 0 Å². The zero-order valence-electron chi connectivity index (χ0n) is 11.0. The molecule has 0 saturated carbocycles. The lowest BCUT2D eigenvalue weighted by Crippen LogP contribution is -2.42. The van der Waals surface area contributed by atoms with E-state index in [1.54, 1.807) is 29.2 Å². The van der Waals surface area contributed by atoms with Crippen molar-refractivity contribution in [2.75, 3.05) is 25.9 Å². The van der Waals surface area contributed by atoms with Gasteiger partial charge in [-0.05, 0) is 31.0 Å². The fraction of sp³-hybridized carbons (Fsp3) is 0.429. The number of amides is 1. The van der Waals surface area contributed by atoms with Crippen LogP contribution in [-0.2, 0) is 9.53 Å². The molecule has 19 heavy (non-hydrogen) atoms. The molecule has 1 fully saturated rings. The largest absolute Gasteiger partial charge is 0.469 e. The average molecular weight is 262 g/mol. The lowest BCUT2D eigenvalue weighted by molar-refractivity contribution is -0.146. The molecule has 2 N–H and O–H groups in total. The summed E-state index contributed by atoms with van der Waals surface area (Å²) in [5.41, 5.74) is 6.80. The topological polar surface area (TPSA) is 72.6 Å². The molecule has 1 amide bonds. The Bertz CT molecular complexity index is 487. The second-order valence-corrected chi connectivity index (χ2v) is 4.74. The first-order valence-corrected chi connectivity index (χ1v) is 6.34. The van der Waals surface area contributed by atoms with Gasteiger partial charge in [-0.2, -0.15) is 0 Å². The molecular weight excluding hydrogens is 244 g/mol. The number of methoxy groups -OCH3 is 1. The van der Waals surface area contributed by atoms with E-state index in [2.05, 4.69) is 0 Å². The van der Waals surface area contributed by atoms with E-state index in [1.807, 2.05) is 0 Å². The van der Waals surface area contributed by atoms with Crippen molar-refractivity contribution in [3.8, 4) is 0 Å². The van der Waals surface area contributed by atoms with E-state index in [0.29, 0.717) is 24.3 Å². The maximum absolute atomic E-state index is 12.3. The first-order chi connectivity index (χ1) is 9.11. The van der Waals surface area contributed by atoms with Crippen LogP contribution in [0.4, 0.5) is 5.69 Å². The predicted molar refractivity (Wildman–Crippen MR) is 71.5 cm³/mol. The number of ether oxygens (including phenoxy) is 1. The molecule has 2 rings (SSSR count). The summed E-state index contributed by atoms with van der Waals surface area (Å²) in [5.74, 6) is -0.547. The number of nitrogens with two attached hydrogens (primary N) is 1. The van der Waals surface area contributed by atoms with Crippen LogP contribution in [0.1, 0.15) is 23.2 Å². The van der Waals surface area contributed by atoms with E-state index >= 15 is 0 Å². The lowest BCUT2D eigenvalue weighted by atomic mass is 9.97. The van der Waals surface area contributed by atoms with Gasteiger partial charge in [0.05, 0.1) is 13.0 Å². The quantitative estimate of drug-likeness (QED) is 0.644. The number of benzene rings is 1. The number of rotatable bonds is 2. The average Bonchev–Trinajstić information content (AvgIpc) is 2.45. The number of nitrogen functional groups attached to an aromatic ring is 1. The molecule has 1 atom stereocenters. The monoisotopic (exact) mass is 262 g/mol. The van der Waals surface area contributed by atoms with Crippen LogP contribution in [0, 0.1) is 5.92 Å². The van der Waals surface area contributed by atoms with Crippen molar-refractivity contribution < 1.29 is 14.3 Å². The molecule has 5 nitrogen and oxygen atoms in total. The summed E-state index contributed by atoms with van der Waals surface area (Å²) in [4.78, 5) is 25.6. The van der Waals surface area contributed by atoms with Crippen molar-refractivity contribution in [3.63, 3.8) is 0 Å². The Hall–Kier alpha value is -2.04. The Kier molecular flexibility index (Phi) is 4.04. The Labute approximate surface area is 112 Å². The lowest BCUT2D eigenvalue weighted by Gasteiger charge is -2.31. The number of esters is 1. The van der Waals surface area contributed by atoms with Crippen molar-refractivity contribution in [1.29, 1.82) is 0 Å². The number of carbonyl (C=O) groups excluding carboxylic acids is 2. The molecule has 102 valence electrons. The second kappa shape index (κ2) is 5.73. The Morgan fingerprint density at radius 1 is 1.42 bits per heavy atom. The van der Waals surface area contributed by atoms with Crippen molar-refractivity contribution >= 4 is 17.6 Å². The highest BCUT2D eigenvalue weighted by molar-refractivity contribution is 5.95. The van der Waals surface area contributed by atoms with E-state index in [9.17, 15) is 9.59 Å². The van der Waals surface area contributed by atoms with E-state index in [-0.39, 0.29) is 17.8 Å². The highest BCUT2D eigenvalue weighted by Crippen LogP contribution is 2.20. The number of carbonyl (C=O) groups is 2. The van der Waals surface area contributed by atoms with Crippen LogP contribution >= 0.6 is 0 Å². The molecule has 5 heteroatoms. The van der Waals surface area contributed by atoms with E-state index in [4.69, 9.17) is 10.5 Å². The minimum Gasteiger partial charge on any atom is -0.469 e. The number of anilines is 1. The van der Waals surface area contributed by atoms with Crippen molar-refractivity contribution in [2.45, 2.75) is 12.8 Å². The van der Waals surface area contributed by atoms with Gasteiger partial charge >= 0.3 is 5.97 Å². The van der Waals surface area contributed by atoms with Crippen LogP contribution in [0.15, 0.2) is 24.3 Å². The third-order valence-electron chi connectivity index (χ3n) is 3.38. The van der Waals surface area contributed by atoms with Gasteiger partial charge < -0.3 is 15.4 Å². The smallest absolute Gasteiger partial charge is 0.310 e. The summed E-state index contributed by atoms with van der Waals surface area (Å²) >= 11 is 0. The van der Waals surface area contributed by atoms with Crippen LogP contribution in [0.3, 0.4) is 0 Å². The van der Waals surface area contributed by atoms with E-state index in [0.717, 1.165) is 12.8 Å². The fourth-order valence-electron chi connectivity index (χ4n) is 2.37. The summed E-state index contributed by atoms with van der Waals surface area (Å²) in [6, 6.07) is 6.89. The molecular formula is C14H18N2O3. The number of nitrogens with zero attached hydrogens (tertiary/aromatic N) is 1. The summed E-state index contributed by atoms with van der Waals surface area (Å²) < 4.78 is 4.75. The predicted octanol–water partition coefficient (Wildman–Crippen LogP) is 1.29. The Morgan fingerprint density at radius 3 is 2.89 bits per heavy atom.